The Morgan fingerprint density at radius 2 is 1.82 bits per heavy atom. The maximum absolute atomic E-state index is 12.5. The number of carbonyl (C=O) groups is 1. The molecule has 3 fully saturated rings. The Hall–Kier alpha value is -1.53. The molecule has 28 heavy (non-hydrogen) atoms. The molecule has 2 saturated heterocycles. The Labute approximate surface area is 168 Å². The second kappa shape index (κ2) is 5.99. The topological polar surface area (TPSA) is 48.0 Å². The highest BCUT2D eigenvalue weighted by Crippen LogP contribution is 2.59. The third-order valence-corrected chi connectivity index (χ3v) is 6.78. The summed E-state index contributed by atoms with van der Waals surface area (Å²) in [5.41, 5.74) is 1.20. The molecule has 0 spiro atoms. The normalized spacial score (nSPS) is 30.3. The van der Waals surface area contributed by atoms with Crippen LogP contribution < -0.4 is 5.46 Å². The molecule has 1 amide bonds. The van der Waals surface area contributed by atoms with E-state index in [0.717, 1.165) is 25.0 Å². The van der Waals surface area contributed by atoms with E-state index in [1.807, 2.05) is 25.7 Å². The van der Waals surface area contributed by atoms with E-state index in [9.17, 15) is 4.79 Å². The third-order valence-electron chi connectivity index (χ3n) is 6.78. The number of hydrogen-bond acceptors (Lipinski definition) is 4. The first-order chi connectivity index (χ1) is 12.8. The molecule has 1 aromatic rings. The van der Waals surface area contributed by atoms with Crippen LogP contribution in [0.5, 0.6) is 0 Å². The fraction of sp³-hybridized carbons (Fsp3) is 0.682. The Morgan fingerprint density at radius 1 is 1.18 bits per heavy atom. The van der Waals surface area contributed by atoms with Crippen molar-refractivity contribution in [2.75, 3.05) is 13.1 Å². The van der Waals surface area contributed by atoms with Gasteiger partial charge in [0.15, 0.2) is 0 Å². The smallest absolute Gasteiger partial charge is 0.444 e. The Kier molecular flexibility index (Phi) is 4.23. The minimum absolute atomic E-state index is 0.0521. The fourth-order valence-corrected chi connectivity index (χ4v) is 4.37. The van der Waals surface area contributed by atoms with Crippen molar-refractivity contribution in [3.8, 4) is 0 Å². The van der Waals surface area contributed by atoms with Crippen molar-refractivity contribution >= 4 is 18.7 Å². The van der Waals surface area contributed by atoms with Gasteiger partial charge >= 0.3 is 13.2 Å². The van der Waals surface area contributed by atoms with Gasteiger partial charge in [-0.15, -0.1) is 0 Å². The van der Waals surface area contributed by atoms with Crippen LogP contribution in [0.2, 0.25) is 0 Å². The Balaban J connectivity index is 1.51. The molecular weight excluding hydrogens is 353 g/mol. The summed E-state index contributed by atoms with van der Waals surface area (Å²) in [7, 11) is -0.359. The van der Waals surface area contributed by atoms with Crippen molar-refractivity contribution in [2.24, 2.45) is 5.92 Å². The van der Waals surface area contributed by atoms with E-state index in [4.69, 9.17) is 14.0 Å². The maximum Gasteiger partial charge on any atom is 0.494 e. The molecule has 2 aliphatic heterocycles. The monoisotopic (exact) mass is 385 g/mol. The van der Waals surface area contributed by atoms with E-state index in [1.165, 1.54) is 5.56 Å². The number of ether oxygens (including phenoxy) is 1. The lowest BCUT2D eigenvalue weighted by Crippen LogP contribution is -2.41. The van der Waals surface area contributed by atoms with Gasteiger partial charge in [0.05, 0.1) is 11.2 Å². The van der Waals surface area contributed by atoms with Crippen LogP contribution >= 0.6 is 0 Å². The molecule has 0 bridgehead atoms. The molecule has 2 heterocycles. The van der Waals surface area contributed by atoms with Gasteiger partial charge in [0, 0.05) is 18.5 Å². The molecule has 1 aromatic carbocycles. The Morgan fingerprint density at radius 3 is 2.43 bits per heavy atom. The molecule has 0 radical (unpaired) electrons. The van der Waals surface area contributed by atoms with Crippen LogP contribution in [-0.2, 0) is 19.5 Å². The van der Waals surface area contributed by atoms with Crippen LogP contribution in [0.4, 0.5) is 4.79 Å². The van der Waals surface area contributed by atoms with E-state index in [1.54, 1.807) is 0 Å². The standard InChI is InChI=1S/C22H32BNO4/c1-19(2,3)26-18(25)24-13-16-12-22(16,14-24)15-9-8-10-17(11-15)23-27-20(4,5)21(6,7)28-23/h8-11,16H,12-14H2,1-7H3. The zero-order chi connectivity index (χ0) is 20.5. The number of nitrogens with zero attached hydrogens (tertiary/aromatic N) is 1. The van der Waals surface area contributed by atoms with Gasteiger partial charge in [-0.1, -0.05) is 24.3 Å². The molecule has 0 aromatic heterocycles. The summed E-state index contributed by atoms with van der Waals surface area (Å²) in [6.07, 6.45) is 0.917. The highest BCUT2D eigenvalue weighted by molar-refractivity contribution is 6.62. The van der Waals surface area contributed by atoms with Gasteiger partial charge in [0.25, 0.3) is 0 Å². The minimum atomic E-state index is -0.465. The van der Waals surface area contributed by atoms with E-state index < -0.39 is 5.60 Å². The first-order valence-electron chi connectivity index (χ1n) is 10.3. The van der Waals surface area contributed by atoms with Crippen molar-refractivity contribution in [3.05, 3.63) is 29.8 Å². The van der Waals surface area contributed by atoms with Gasteiger partial charge in [0.1, 0.15) is 5.60 Å². The molecule has 1 aliphatic carbocycles. The summed E-state index contributed by atoms with van der Waals surface area (Å²) in [5, 5.41) is 0. The van der Waals surface area contributed by atoms with Gasteiger partial charge in [-0.2, -0.15) is 0 Å². The second-order valence-electron chi connectivity index (χ2n) is 10.6. The van der Waals surface area contributed by atoms with Crippen LogP contribution in [0, 0.1) is 5.92 Å². The summed E-state index contributed by atoms with van der Waals surface area (Å²) < 4.78 is 18.0. The lowest BCUT2D eigenvalue weighted by atomic mass is 9.77. The van der Waals surface area contributed by atoms with Gasteiger partial charge < -0.3 is 18.9 Å². The third kappa shape index (κ3) is 3.24. The van der Waals surface area contributed by atoms with Crippen molar-refractivity contribution in [2.45, 2.75) is 77.1 Å². The van der Waals surface area contributed by atoms with Crippen LogP contribution in [0.1, 0.15) is 60.5 Å². The number of rotatable bonds is 2. The second-order valence-corrected chi connectivity index (χ2v) is 10.6. The lowest BCUT2D eigenvalue weighted by Gasteiger charge is -2.32. The van der Waals surface area contributed by atoms with E-state index in [0.29, 0.717) is 5.92 Å². The number of hydrogen-bond donors (Lipinski definition) is 0. The predicted octanol–water partition coefficient (Wildman–Crippen LogP) is 3.49. The molecule has 2 atom stereocenters. The van der Waals surface area contributed by atoms with Gasteiger partial charge in [-0.25, -0.2) is 4.79 Å². The van der Waals surface area contributed by atoms with E-state index >= 15 is 0 Å². The number of likely N-dealkylation sites (tertiary alicyclic amines) is 1. The summed E-state index contributed by atoms with van der Waals surface area (Å²) in [4.78, 5) is 14.3. The van der Waals surface area contributed by atoms with E-state index in [2.05, 4.69) is 52.0 Å². The first-order valence-corrected chi connectivity index (χ1v) is 10.3. The number of amides is 1. The minimum Gasteiger partial charge on any atom is -0.444 e. The molecule has 3 aliphatic rings. The SMILES string of the molecule is CC(C)(C)OC(=O)N1CC2CC2(c2cccc(B3OC(C)(C)C(C)(C)O3)c2)C1. The number of piperidine rings is 1. The molecule has 6 heteroatoms. The van der Waals surface area contributed by atoms with Crippen LogP contribution in [0.15, 0.2) is 24.3 Å². The fourth-order valence-electron chi connectivity index (χ4n) is 4.37. The van der Waals surface area contributed by atoms with Crippen LogP contribution in [0.25, 0.3) is 0 Å². The largest absolute Gasteiger partial charge is 0.494 e. The zero-order valence-corrected chi connectivity index (χ0v) is 18.2. The van der Waals surface area contributed by atoms with Gasteiger partial charge in [-0.05, 0) is 71.8 Å². The number of fused-ring (bicyclic) bond motifs is 1. The van der Waals surface area contributed by atoms with Crippen LogP contribution in [0.3, 0.4) is 0 Å². The molecule has 4 rings (SSSR count). The van der Waals surface area contributed by atoms with Crippen molar-refractivity contribution in [1.29, 1.82) is 0 Å². The predicted molar refractivity (Wildman–Crippen MR) is 110 cm³/mol. The van der Waals surface area contributed by atoms with Crippen molar-refractivity contribution < 1.29 is 18.8 Å². The number of benzene rings is 1. The van der Waals surface area contributed by atoms with E-state index in [-0.39, 0.29) is 29.8 Å². The lowest BCUT2D eigenvalue weighted by molar-refractivity contribution is 0.00578. The molecule has 5 nitrogen and oxygen atoms in total. The summed E-state index contributed by atoms with van der Waals surface area (Å²) in [6.45, 7) is 15.5. The summed E-state index contributed by atoms with van der Waals surface area (Å²) in [6, 6.07) is 8.53. The van der Waals surface area contributed by atoms with Crippen molar-refractivity contribution in [1.82, 2.24) is 4.90 Å². The highest BCUT2D eigenvalue weighted by atomic mass is 16.7. The zero-order valence-electron chi connectivity index (χ0n) is 18.2. The maximum atomic E-state index is 12.5. The molecule has 0 N–H and O–H groups in total. The molecule has 152 valence electrons. The molecule has 1 saturated carbocycles. The summed E-state index contributed by atoms with van der Waals surface area (Å²) in [5.74, 6) is 0.508. The molecule has 2 unspecified atom stereocenters. The van der Waals surface area contributed by atoms with Crippen molar-refractivity contribution in [3.63, 3.8) is 0 Å². The quantitative estimate of drug-likeness (QED) is 0.732. The highest BCUT2D eigenvalue weighted by Gasteiger charge is 2.62. The Bertz CT molecular complexity index is 784. The van der Waals surface area contributed by atoms with Gasteiger partial charge in [-0.3, -0.25) is 0 Å². The first kappa shape index (κ1) is 19.8. The average molecular weight is 385 g/mol. The van der Waals surface area contributed by atoms with Gasteiger partial charge in [0.2, 0.25) is 0 Å². The average Bonchev–Trinajstić information content (AvgIpc) is 3.04. The van der Waals surface area contributed by atoms with Crippen LogP contribution in [-0.4, -0.2) is 48.0 Å². The number of carbonyl (C=O) groups excluding carboxylic acids is 1. The molecular formula is C22H32BNO4. The summed E-state index contributed by atoms with van der Waals surface area (Å²) >= 11 is 0.